The van der Waals surface area contributed by atoms with Gasteiger partial charge in [-0.15, -0.1) is 0 Å². The van der Waals surface area contributed by atoms with Gasteiger partial charge in [-0.2, -0.15) is 0 Å². The second kappa shape index (κ2) is 8.35. The molecule has 0 spiro atoms. The first-order chi connectivity index (χ1) is 9.51. The van der Waals surface area contributed by atoms with E-state index in [1.807, 2.05) is 19.1 Å². The third-order valence-corrected chi connectivity index (χ3v) is 3.31. The molecule has 0 bridgehead atoms. The Balaban J connectivity index is 2.95. The number of hydrogen-bond acceptors (Lipinski definition) is 4. The van der Waals surface area contributed by atoms with Crippen LogP contribution in [0.1, 0.15) is 25.8 Å². The van der Waals surface area contributed by atoms with Crippen LogP contribution >= 0.6 is 11.6 Å². The largest absolute Gasteiger partial charge is 0.493 e. The SMILES string of the molecule is CCC(N)Cc1cc(Cl)c(OC(C)COC)c(OC)c1. The zero-order chi connectivity index (χ0) is 15.1. The van der Waals surface area contributed by atoms with Crippen LogP contribution in [0.3, 0.4) is 0 Å². The highest BCUT2D eigenvalue weighted by Gasteiger charge is 2.16. The summed E-state index contributed by atoms with van der Waals surface area (Å²) in [6.45, 7) is 4.47. The van der Waals surface area contributed by atoms with Crippen LogP contribution in [0.5, 0.6) is 11.5 Å². The quantitative estimate of drug-likeness (QED) is 0.802. The van der Waals surface area contributed by atoms with Crippen LogP contribution in [0.15, 0.2) is 12.1 Å². The van der Waals surface area contributed by atoms with E-state index in [-0.39, 0.29) is 12.1 Å². The van der Waals surface area contributed by atoms with Crippen LogP contribution < -0.4 is 15.2 Å². The van der Waals surface area contributed by atoms with Gasteiger partial charge in [-0.3, -0.25) is 0 Å². The minimum Gasteiger partial charge on any atom is -0.493 e. The maximum atomic E-state index is 6.30. The Hall–Kier alpha value is -0.970. The fourth-order valence-electron chi connectivity index (χ4n) is 1.92. The van der Waals surface area contributed by atoms with Crippen molar-refractivity contribution < 1.29 is 14.2 Å². The van der Waals surface area contributed by atoms with E-state index in [4.69, 9.17) is 31.5 Å². The molecular formula is C15H24ClNO3. The minimum atomic E-state index is -0.102. The molecule has 0 saturated heterocycles. The van der Waals surface area contributed by atoms with Gasteiger partial charge in [0.2, 0.25) is 0 Å². The molecule has 114 valence electrons. The van der Waals surface area contributed by atoms with E-state index >= 15 is 0 Å². The summed E-state index contributed by atoms with van der Waals surface area (Å²) in [7, 11) is 3.23. The van der Waals surface area contributed by atoms with Crippen molar-refractivity contribution in [3.05, 3.63) is 22.7 Å². The minimum absolute atomic E-state index is 0.102. The van der Waals surface area contributed by atoms with Crippen LogP contribution in [0.4, 0.5) is 0 Å². The predicted molar refractivity (Wildman–Crippen MR) is 81.9 cm³/mol. The molecular weight excluding hydrogens is 278 g/mol. The smallest absolute Gasteiger partial charge is 0.180 e. The van der Waals surface area contributed by atoms with Gasteiger partial charge in [0.15, 0.2) is 11.5 Å². The van der Waals surface area contributed by atoms with Crippen molar-refractivity contribution in [3.8, 4) is 11.5 Å². The normalized spacial score (nSPS) is 13.9. The van der Waals surface area contributed by atoms with Crippen LogP contribution in [0.2, 0.25) is 5.02 Å². The topological polar surface area (TPSA) is 53.7 Å². The Morgan fingerprint density at radius 2 is 2.00 bits per heavy atom. The van der Waals surface area contributed by atoms with Gasteiger partial charge in [-0.05, 0) is 37.5 Å². The van der Waals surface area contributed by atoms with E-state index in [1.54, 1.807) is 14.2 Å². The zero-order valence-corrected chi connectivity index (χ0v) is 13.4. The average molecular weight is 302 g/mol. The van der Waals surface area contributed by atoms with Crippen LogP contribution in [0, 0.1) is 0 Å². The second-order valence-electron chi connectivity index (χ2n) is 4.87. The molecule has 2 atom stereocenters. The van der Waals surface area contributed by atoms with Crippen molar-refractivity contribution in [3.63, 3.8) is 0 Å². The zero-order valence-electron chi connectivity index (χ0n) is 12.6. The van der Waals surface area contributed by atoms with Gasteiger partial charge in [0, 0.05) is 13.2 Å². The van der Waals surface area contributed by atoms with Crippen molar-refractivity contribution in [2.75, 3.05) is 20.8 Å². The van der Waals surface area contributed by atoms with Gasteiger partial charge in [-0.1, -0.05) is 18.5 Å². The van der Waals surface area contributed by atoms with E-state index in [1.165, 1.54) is 0 Å². The number of rotatable bonds is 8. The standard InChI is InChI=1S/C15H24ClNO3/c1-5-12(17)6-11-7-13(16)15(14(8-11)19-4)20-10(2)9-18-3/h7-8,10,12H,5-6,9,17H2,1-4H3. The third kappa shape index (κ3) is 4.85. The third-order valence-electron chi connectivity index (χ3n) is 3.03. The molecule has 1 aromatic carbocycles. The lowest BCUT2D eigenvalue weighted by Gasteiger charge is -2.19. The number of nitrogens with two attached hydrogens (primary N) is 1. The number of halogens is 1. The summed E-state index contributed by atoms with van der Waals surface area (Å²) in [5, 5.41) is 0.533. The Morgan fingerprint density at radius 1 is 1.30 bits per heavy atom. The van der Waals surface area contributed by atoms with Crippen molar-refractivity contribution in [1.29, 1.82) is 0 Å². The number of methoxy groups -OCH3 is 2. The molecule has 0 saturated carbocycles. The Bertz CT molecular complexity index is 426. The summed E-state index contributed by atoms with van der Waals surface area (Å²) < 4.78 is 16.2. The number of hydrogen-bond donors (Lipinski definition) is 1. The lowest BCUT2D eigenvalue weighted by Crippen LogP contribution is -2.21. The summed E-state index contributed by atoms with van der Waals surface area (Å²) >= 11 is 6.30. The molecule has 4 nitrogen and oxygen atoms in total. The summed E-state index contributed by atoms with van der Waals surface area (Å²) in [5.74, 6) is 1.17. The number of benzene rings is 1. The van der Waals surface area contributed by atoms with Crippen molar-refractivity contribution >= 4 is 11.6 Å². The molecule has 2 unspecified atom stereocenters. The summed E-state index contributed by atoms with van der Waals surface area (Å²) in [4.78, 5) is 0. The maximum absolute atomic E-state index is 6.30. The molecule has 1 rings (SSSR count). The van der Waals surface area contributed by atoms with Crippen molar-refractivity contribution in [2.45, 2.75) is 38.8 Å². The first kappa shape index (κ1) is 17.1. The molecule has 0 radical (unpaired) electrons. The molecule has 0 amide bonds. The molecule has 20 heavy (non-hydrogen) atoms. The van der Waals surface area contributed by atoms with Crippen LogP contribution in [0.25, 0.3) is 0 Å². The number of ether oxygens (including phenoxy) is 3. The van der Waals surface area contributed by atoms with Gasteiger partial charge in [0.25, 0.3) is 0 Å². The fraction of sp³-hybridized carbons (Fsp3) is 0.600. The van der Waals surface area contributed by atoms with Gasteiger partial charge < -0.3 is 19.9 Å². The monoisotopic (exact) mass is 301 g/mol. The molecule has 0 fully saturated rings. The summed E-state index contributed by atoms with van der Waals surface area (Å²) in [6.07, 6.45) is 1.58. The lowest BCUT2D eigenvalue weighted by atomic mass is 10.0. The van der Waals surface area contributed by atoms with Crippen molar-refractivity contribution in [1.82, 2.24) is 0 Å². The summed E-state index contributed by atoms with van der Waals surface area (Å²) in [6, 6.07) is 3.93. The molecule has 0 aliphatic rings. The molecule has 0 aliphatic heterocycles. The van der Waals surface area contributed by atoms with E-state index < -0.39 is 0 Å². The van der Waals surface area contributed by atoms with E-state index in [0.717, 1.165) is 18.4 Å². The molecule has 0 aliphatic carbocycles. The molecule has 1 aromatic rings. The highest BCUT2D eigenvalue weighted by atomic mass is 35.5. The Morgan fingerprint density at radius 3 is 2.55 bits per heavy atom. The molecule has 0 aromatic heterocycles. The highest BCUT2D eigenvalue weighted by Crippen LogP contribution is 2.37. The van der Waals surface area contributed by atoms with Crippen LogP contribution in [-0.4, -0.2) is 33.0 Å². The van der Waals surface area contributed by atoms with Gasteiger partial charge in [0.1, 0.15) is 6.10 Å². The second-order valence-corrected chi connectivity index (χ2v) is 5.27. The van der Waals surface area contributed by atoms with Gasteiger partial charge in [0.05, 0.1) is 18.7 Å². The fourth-order valence-corrected chi connectivity index (χ4v) is 2.20. The first-order valence-corrected chi connectivity index (χ1v) is 7.17. The van der Waals surface area contributed by atoms with Crippen LogP contribution in [-0.2, 0) is 11.2 Å². The Kier molecular flexibility index (Phi) is 7.13. The van der Waals surface area contributed by atoms with E-state index in [0.29, 0.717) is 23.1 Å². The van der Waals surface area contributed by atoms with E-state index in [2.05, 4.69) is 6.92 Å². The predicted octanol–water partition coefficient (Wildman–Crippen LogP) is 3.04. The maximum Gasteiger partial charge on any atom is 0.180 e. The lowest BCUT2D eigenvalue weighted by molar-refractivity contribution is 0.0900. The molecule has 5 heteroatoms. The first-order valence-electron chi connectivity index (χ1n) is 6.79. The van der Waals surface area contributed by atoms with Gasteiger partial charge >= 0.3 is 0 Å². The van der Waals surface area contributed by atoms with Gasteiger partial charge in [-0.25, -0.2) is 0 Å². The highest BCUT2D eigenvalue weighted by molar-refractivity contribution is 6.32. The summed E-state index contributed by atoms with van der Waals surface area (Å²) in [5.41, 5.74) is 7.02. The average Bonchev–Trinajstić information content (AvgIpc) is 2.41. The van der Waals surface area contributed by atoms with Crippen molar-refractivity contribution in [2.24, 2.45) is 5.73 Å². The van der Waals surface area contributed by atoms with E-state index in [9.17, 15) is 0 Å². The molecule has 2 N–H and O–H groups in total. The molecule has 0 heterocycles. The Labute approximate surface area is 126 Å².